The highest BCUT2D eigenvalue weighted by molar-refractivity contribution is 7.25. The first-order valence-corrected chi connectivity index (χ1v) is 33.3. The Morgan fingerprint density at radius 3 is 1.15 bits per heavy atom. The molecule has 0 aliphatic carbocycles. The molecule has 16 aromatic rings. The maximum Gasteiger partial charge on any atom is 0.113 e. The lowest BCUT2D eigenvalue weighted by Gasteiger charge is -2.20. The third kappa shape index (κ3) is 8.18. The van der Waals surface area contributed by atoms with Crippen LogP contribution in [0.3, 0.4) is 0 Å². The van der Waals surface area contributed by atoms with Gasteiger partial charge in [0.2, 0.25) is 0 Å². The van der Waals surface area contributed by atoms with Crippen molar-refractivity contribution in [3.05, 3.63) is 297 Å². The SMILES string of the molecule is C[Si]1(C)c2cc(-c3ccc4sc5ccccc5c4c3)ccc2-c2ccc(-n3c4ccc(-c5ccc(-c6ccc(-c7cccc8ccccc78)cc6)cc5)cc4c4cc(-c5ccc(-c6ccc(-c7cccc8ccccc78)cc6)cc5)ccc43)cc21. The quantitative estimate of drug-likeness (QED) is 0.134. The highest BCUT2D eigenvalue weighted by Gasteiger charge is 2.38. The van der Waals surface area contributed by atoms with Crippen LogP contribution >= 0.6 is 11.3 Å². The minimum Gasteiger partial charge on any atom is -0.309 e. The Hall–Kier alpha value is -10.2. The van der Waals surface area contributed by atoms with E-state index in [4.69, 9.17) is 0 Å². The molecule has 398 valence electrons. The highest BCUT2D eigenvalue weighted by atomic mass is 32.1. The van der Waals surface area contributed by atoms with Gasteiger partial charge < -0.3 is 4.57 Å². The van der Waals surface area contributed by atoms with Crippen LogP contribution in [0.4, 0.5) is 0 Å². The summed E-state index contributed by atoms with van der Waals surface area (Å²) >= 11 is 1.88. The Kier molecular flexibility index (Phi) is 11.3. The average Bonchev–Trinajstić information content (AvgIpc) is 2.41. The largest absolute Gasteiger partial charge is 0.309 e. The van der Waals surface area contributed by atoms with Gasteiger partial charge in [-0.05, 0) is 176 Å². The molecule has 14 aromatic carbocycles. The summed E-state index contributed by atoms with van der Waals surface area (Å²) in [6, 6.07) is 111. The van der Waals surface area contributed by atoms with Crippen molar-refractivity contribution in [2.75, 3.05) is 0 Å². The molecule has 2 aromatic heterocycles. The van der Waals surface area contributed by atoms with Crippen LogP contribution in [-0.4, -0.2) is 12.6 Å². The summed E-state index contributed by atoms with van der Waals surface area (Å²) in [6.45, 7) is 5.09. The van der Waals surface area contributed by atoms with Gasteiger partial charge in [-0.15, -0.1) is 11.3 Å². The van der Waals surface area contributed by atoms with E-state index in [1.54, 1.807) is 0 Å². The van der Waals surface area contributed by atoms with Crippen LogP contribution in [0.1, 0.15) is 0 Å². The van der Waals surface area contributed by atoms with Gasteiger partial charge in [0.05, 0.1) is 11.0 Å². The fourth-order valence-electron chi connectivity index (χ4n) is 14.0. The number of hydrogen-bond acceptors (Lipinski definition) is 1. The molecule has 17 rings (SSSR count). The van der Waals surface area contributed by atoms with E-state index in [0.717, 1.165) is 0 Å². The second-order valence-electron chi connectivity index (χ2n) is 23.6. The summed E-state index contributed by atoms with van der Waals surface area (Å²) in [4.78, 5) is 0. The van der Waals surface area contributed by atoms with Crippen LogP contribution < -0.4 is 10.4 Å². The predicted octanol–water partition coefficient (Wildman–Crippen LogP) is 21.9. The molecule has 1 aliphatic heterocycles. The van der Waals surface area contributed by atoms with E-state index in [-0.39, 0.29) is 0 Å². The molecule has 0 fully saturated rings. The van der Waals surface area contributed by atoms with E-state index in [0.29, 0.717) is 0 Å². The standard InChI is InChI=1S/C82H55NSSi/c1-85(2)81-50-65(64-40-46-80-76(49-64)71-17-7-8-20-79(71)84-80)37-42-72(81)73-43-41-66(51-82(73)85)83-77-44-38-62(56-25-21-52(22-26-56)54-29-33-60(34-30-54)69-18-9-13-58-11-3-5-15-67(58)69)47-74(77)75-48-63(39-45-78(75)83)57-27-23-53(24-28-57)55-31-35-61(36-32-55)70-19-10-14-59-12-4-6-16-68(59)70/h3-51H,1-2H3. The molecule has 0 amide bonds. The molecule has 1 aliphatic rings. The van der Waals surface area contributed by atoms with Gasteiger partial charge in [0.15, 0.2) is 0 Å². The number of nitrogens with zero attached hydrogens (tertiary/aromatic N) is 1. The minimum atomic E-state index is -2.14. The number of aromatic nitrogens is 1. The summed E-state index contributed by atoms with van der Waals surface area (Å²) in [5.74, 6) is 0. The number of benzene rings is 14. The number of rotatable bonds is 8. The molecule has 1 nitrogen and oxygen atoms in total. The number of thiophene rings is 1. The van der Waals surface area contributed by atoms with Gasteiger partial charge in [-0.25, -0.2) is 0 Å². The summed E-state index contributed by atoms with van der Waals surface area (Å²) in [5, 5.41) is 13.2. The second-order valence-corrected chi connectivity index (χ2v) is 29.0. The van der Waals surface area contributed by atoms with Gasteiger partial charge in [-0.3, -0.25) is 0 Å². The molecule has 0 atom stereocenters. The molecular weight excluding hydrogens is 1060 g/mol. The zero-order valence-corrected chi connectivity index (χ0v) is 49.0. The van der Waals surface area contributed by atoms with Gasteiger partial charge in [-0.2, -0.15) is 0 Å². The summed E-state index contributed by atoms with van der Waals surface area (Å²) in [5.41, 5.74) is 23.5. The molecular formula is C82H55NSSi. The maximum absolute atomic E-state index is 2.55. The van der Waals surface area contributed by atoms with Gasteiger partial charge in [0.1, 0.15) is 8.07 Å². The molecule has 3 heteroatoms. The minimum absolute atomic E-state index is 1.20. The number of hydrogen-bond donors (Lipinski definition) is 0. The topological polar surface area (TPSA) is 4.93 Å². The fourth-order valence-corrected chi connectivity index (χ4v) is 18.1. The lowest BCUT2D eigenvalue weighted by atomic mass is 9.95. The number of fused-ring (bicyclic) bond motifs is 11. The van der Waals surface area contributed by atoms with Crippen LogP contribution in [0.2, 0.25) is 13.1 Å². The van der Waals surface area contributed by atoms with E-state index >= 15 is 0 Å². The average molecular weight is 1110 g/mol. The predicted molar refractivity (Wildman–Crippen MR) is 369 cm³/mol. The normalized spacial score (nSPS) is 12.7. The molecule has 0 saturated carbocycles. The highest BCUT2D eigenvalue weighted by Crippen LogP contribution is 2.42. The lowest BCUT2D eigenvalue weighted by molar-refractivity contribution is 1.18. The van der Waals surface area contributed by atoms with Gasteiger partial charge in [-0.1, -0.05) is 256 Å². The Morgan fingerprint density at radius 2 is 0.612 bits per heavy atom. The Balaban J connectivity index is 0.730. The van der Waals surface area contributed by atoms with Gasteiger partial charge in [0, 0.05) is 36.6 Å². The van der Waals surface area contributed by atoms with E-state index in [1.807, 2.05) is 11.3 Å². The van der Waals surface area contributed by atoms with Crippen molar-refractivity contribution in [1.82, 2.24) is 4.57 Å². The molecule has 0 spiro atoms. The van der Waals surface area contributed by atoms with E-state index in [2.05, 4.69) is 315 Å². The summed E-state index contributed by atoms with van der Waals surface area (Å²) < 4.78 is 5.20. The van der Waals surface area contributed by atoms with Gasteiger partial charge >= 0.3 is 0 Å². The van der Waals surface area contributed by atoms with E-state index in [9.17, 15) is 0 Å². The van der Waals surface area contributed by atoms with Crippen molar-refractivity contribution >= 4 is 93.3 Å². The van der Waals surface area contributed by atoms with Crippen LogP contribution in [0.5, 0.6) is 0 Å². The van der Waals surface area contributed by atoms with Crippen molar-refractivity contribution < 1.29 is 0 Å². The van der Waals surface area contributed by atoms with Crippen LogP contribution in [0.25, 0.3) is 158 Å². The smallest absolute Gasteiger partial charge is 0.113 e. The van der Waals surface area contributed by atoms with Crippen molar-refractivity contribution in [2.45, 2.75) is 13.1 Å². The van der Waals surface area contributed by atoms with Crippen molar-refractivity contribution in [3.8, 4) is 94.7 Å². The fraction of sp³-hybridized carbons (Fsp3) is 0.0244. The van der Waals surface area contributed by atoms with Crippen molar-refractivity contribution in [1.29, 1.82) is 0 Å². The zero-order chi connectivity index (χ0) is 56.3. The van der Waals surface area contributed by atoms with Crippen molar-refractivity contribution in [2.24, 2.45) is 0 Å². The Labute approximate surface area is 499 Å². The molecule has 0 N–H and O–H groups in total. The Morgan fingerprint density at radius 1 is 0.247 bits per heavy atom. The second kappa shape index (κ2) is 19.5. The van der Waals surface area contributed by atoms with Crippen molar-refractivity contribution in [3.63, 3.8) is 0 Å². The Bertz CT molecular complexity index is 5120. The van der Waals surface area contributed by atoms with Gasteiger partial charge in [0.25, 0.3) is 0 Å². The molecule has 0 unspecified atom stereocenters. The monoisotopic (exact) mass is 1110 g/mol. The first kappa shape index (κ1) is 49.4. The van der Waals surface area contributed by atoms with E-state index in [1.165, 1.54) is 169 Å². The first-order valence-electron chi connectivity index (χ1n) is 29.5. The van der Waals surface area contributed by atoms with Crippen LogP contribution in [0, 0.1) is 0 Å². The maximum atomic E-state index is 2.55. The van der Waals surface area contributed by atoms with Crippen LogP contribution in [-0.2, 0) is 0 Å². The van der Waals surface area contributed by atoms with Crippen LogP contribution in [0.15, 0.2) is 297 Å². The summed E-state index contributed by atoms with van der Waals surface area (Å²) in [7, 11) is -2.14. The third-order valence-corrected chi connectivity index (χ3v) is 23.1. The third-order valence-electron chi connectivity index (χ3n) is 18.5. The molecule has 0 bridgehead atoms. The summed E-state index contributed by atoms with van der Waals surface area (Å²) in [6.07, 6.45) is 0. The molecule has 3 heterocycles. The molecule has 85 heavy (non-hydrogen) atoms. The molecule has 0 saturated heterocycles. The lowest BCUT2D eigenvalue weighted by Crippen LogP contribution is -2.49. The van der Waals surface area contributed by atoms with E-state index < -0.39 is 8.07 Å². The molecule has 0 radical (unpaired) electrons. The zero-order valence-electron chi connectivity index (χ0n) is 47.1. The first-order chi connectivity index (χ1) is 41.8.